The molecular weight excluding hydrogens is 839 g/mol. The summed E-state index contributed by atoms with van der Waals surface area (Å²) >= 11 is 0. The number of piperidine rings is 3. The number of rotatable bonds is 9. The average molecular weight is 898 g/mol. The fourth-order valence-electron chi connectivity index (χ4n) is 11.4. The van der Waals surface area contributed by atoms with Gasteiger partial charge in [0.2, 0.25) is 17.8 Å². The SMILES string of the molecule is CC(=O)c1c(C)c2cnc(Nc3ccc(N4CCN(C(=O)N5CCC(CN6CCC(c7ccc8c(c7)CN(C7CCC(=O)NC7=O)C8=O)CC6)CC5)CC4)cn3)nc2n(C2CCCC2)c1=O. The molecular formula is C49H59N11O6. The molecule has 5 aliphatic heterocycles. The Balaban J connectivity index is 0.669. The van der Waals surface area contributed by atoms with E-state index in [-0.39, 0.29) is 53.1 Å². The van der Waals surface area contributed by atoms with Gasteiger partial charge in [0.1, 0.15) is 17.5 Å². The number of hydrogen-bond acceptors (Lipinski definition) is 12. The van der Waals surface area contributed by atoms with Gasteiger partial charge in [-0.3, -0.25) is 33.9 Å². The number of pyridine rings is 2. The van der Waals surface area contributed by atoms with Crippen LogP contribution in [0.3, 0.4) is 0 Å². The molecule has 1 unspecified atom stereocenters. The number of piperazine rings is 1. The number of likely N-dealkylation sites (tertiary alicyclic amines) is 2. The number of hydrogen-bond donors (Lipinski definition) is 2. The van der Waals surface area contributed by atoms with Crippen molar-refractivity contribution < 1.29 is 24.0 Å². The smallest absolute Gasteiger partial charge is 0.320 e. The fraction of sp³-hybridized carbons (Fsp3) is 0.531. The summed E-state index contributed by atoms with van der Waals surface area (Å²) < 4.78 is 1.71. The van der Waals surface area contributed by atoms with Crippen LogP contribution < -0.4 is 21.1 Å². The molecule has 4 saturated heterocycles. The number of carbonyl (C=O) groups is 5. The van der Waals surface area contributed by atoms with Crippen molar-refractivity contribution >= 4 is 58.0 Å². The highest BCUT2D eigenvalue weighted by Crippen LogP contribution is 2.35. The minimum absolute atomic E-state index is 0.0000614. The van der Waals surface area contributed by atoms with E-state index in [1.165, 1.54) is 12.5 Å². The molecule has 5 amide bonds. The Hall–Kier alpha value is -6.23. The molecule has 1 saturated carbocycles. The highest BCUT2D eigenvalue weighted by molar-refractivity contribution is 6.05. The molecule has 2 N–H and O–H groups in total. The summed E-state index contributed by atoms with van der Waals surface area (Å²) in [7, 11) is 0. The molecule has 0 spiro atoms. The van der Waals surface area contributed by atoms with Gasteiger partial charge in [0.05, 0.1) is 17.4 Å². The Kier molecular flexibility index (Phi) is 12.0. The molecule has 0 radical (unpaired) electrons. The highest BCUT2D eigenvalue weighted by atomic mass is 16.2. The molecule has 4 aromatic rings. The number of ketones is 1. The standard InChI is InChI=1S/C49H59N11O6/c1-30-39-27-51-48(54-44(39)60(36-5-3-4-6-36)47(65)43(30)31(2)61)52-41-11-8-37(26-50-41)56-21-23-58(24-22-56)49(66)57-19-13-32(14-20-57)28-55-17-15-33(16-18-55)34-7-9-38-35(25-34)29-59(46(38)64)40-10-12-42(62)53-45(40)63/h7-9,11,25-27,32-33,36,40H,3-6,10,12-24,28-29H2,1-2H3,(H,53,62,63)(H,50,51,52,54). The van der Waals surface area contributed by atoms with Gasteiger partial charge in [0, 0.05) is 82.0 Å². The van der Waals surface area contributed by atoms with Crippen molar-refractivity contribution in [3.05, 3.63) is 80.9 Å². The Morgan fingerprint density at radius 1 is 0.818 bits per heavy atom. The Labute approximate surface area is 383 Å². The van der Waals surface area contributed by atoms with Gasteiger partial charge < -0.3 is 29.8 Å². The van der Waals surface area contributed by atoms with E-state index in [4.69, 9.17) is 4.98 Å². The third kappa shape index (κ3) is 8.53. The van der Waals surface area contributed by atoms with Gasteiger partial charge in [-0.05, 0) is 119 Å². The number of urea groups is 1. The molecule has 3 aromatic heterocycles. The zero-order valence-corrected chi connectivity index (χ0v) is 38.0. The number of amides is 5. The van der Waals surface area contributed by atoms with Crippen LogP contribution in [-0.4, -0.2) is 134 Å². The number of nitrogens with one attached hydrogen (secondary N) is 2. The lowest BCUT2D eigenvalue weighted by Crippen LogP contribution is -2.54. The van der Waals surface area contributed by atoms with Crippen LogP contribution in [0.4, 0.5) is 22.2 Å². The van der Waals surface area contributed by atoms with Crippen molar-refractivity contribution in [2.24, 2.45) is 5.92 Å². The second-order valence-electron chi connectivity index (χ2n) is 19.2. The first-order chi connectivity index (χ1) is 32.0. The Morgan fingerprint density at radius 3 is 2.26 bits per heavy atom. The maximum atomic E-state index is 13.7. The van der Waals surface area contributed by atoms with Gasteiger partial charge in [-0.1, -0.05) is 25.0 Å². The molecule has 1 aliphatic carbocycles. The van der Waals surface area contributed by atoms with Crippen LogP contribution in [0.2, 0.25) is 0 Å². The summed E-state index contributed by atoms with van der Waals surface area (Å²) in [6.07, 6.45) is 12.1. The molecule has 8 heterocycles. The number of fused-ring (bicyclic) bond motifs is 2. The molecule has 10 rings (SSSR count). The first-order valence-electron chi connectivity index (χ1n) is 23.9. The summed E-state index contributed by atoms with van der Waals surface area (Å²) in [6.45, 7) is 11.0. The third-order valence-corrected chi connectivity index (χ3v) is 15.2. The third-order valence-electron chi connectivity index (χ3n) is 15.2. The number of Topliss-reactive ketones (excluding diaryl/α,β-unsaturated/α-hetero) is 1. The van der Waals surface area contributed by atoms with Crippen molar-refractivity contribution in [3.8, 4) is 0 Å². The summed E-state index contributed by atoms with van der Waals surface area (Å²) in [5.74, 6) is 0.854. The van der Waals surface area contributed by atoms with Gasteiger partial charge in [-0.25, -0.2) is 14.8 Å². The van der Waals surface area contributed by atoms with E-state index in [2.05, 4.69) is 42.5 Å². The van der Waals surface area contributed by atoms with Crippen molar-refractivity contribution in [2.75, 3.05) is 69.1 Å². The predicted octanol–water partition coefficient (Wildman–Crippen LogP) is 5.15. The lowest BCUT2D eigenvalue weighted by atomic mass is 9.87. The lowest BCUT2D eigenvalue weighted by Gasteiger charge is -2.41. The molecule has 346 valence electrons. The van der Waals surface area contributed by atoms with Crippen LogP contribution in [-0.2, 0) is 16.1 Å². The fourth-order valence-corrected chi connectivity index (χ4v) is 11.4. The largest absolute Gasteiger partial charge is 0.367 e. The predicted molar refractivity (Wildman–Crippen MR) is 248 cm³/mol. The van der Waals surface area contributed by atoms with Gasteiger partial charge in [-0.15, -0.1) is 0 Å². The van der Waals surface area contributed by atoms with Crippen LogP contribution in [0.5, 0.6) is 0 Å². The van der Waals surface area contributed by atoms with E-state index < -0.39 is 6.04 Å². The van der Waals surface area contributed by atoms with Crippen LogP contribution in [0, 0.1) is 12.8 Å². The van der Waals surface area contributed by atoms with E-state index in [1.807, 2.05) is 34.2 Å². The van der Waals surface area contributed by atoms with E-state index in [0.717, 1.165) is 95.3 Å². The zero-order valence-electron chi connectivity index (χ0n) is 38.0. The summed E-state index contributed by atoms with van der Waals surface area (Å²) in [5.41, 5.74) is 4.93. The second-order valence-corrected chi connectivity index (χ2v) is 19.2. The lowest BCUT2D eigenvalue weighted by molar-refractivity contribution is -0.136. The van der Waals surface area contributed by atoms with Crippen LogP contribution in [0.25, 0.3) is 11.0 Å². The minimum Gasteiger partial charge on any atom is -0.367 e. The summed E-state index contributed by atoms with van der Waals surface area (Å²) in [4.78, 5) is 102. The first kappa shape index (κ1) is 43.7. The first-order valence-corrected chi connectivity index (χ1v) is 23.9. The van der Waals surface area contributed by atoms with E-state index in [1.54, 1.807) is 22.6 Å². The Morgan fingerprint density at radius 2 is 1.56 bits per heavy atom. The molecule has 66 heavy (non-hydrogen) atoms. The number of benzene rings is 1. The maximum Gasteiger partial charge on any atom is 0.320 e. The van der Waals surface area contributed by atoms with Gasteiger partial charge in [-0.2, -0.15) is 4.98 Å². The van der Waals surface area contributed by atoms with Crippen molar-refractivity contribution in [1.82, 2.24) is 44.4 Å². The number of nitrogens with zero attached hydrogens (tertiary/aromatic N) is 9. The van der Waals surface area contributed by atoms with Crippen LogP contribution >= 0.6 is 0 Å². The average Bonchev–Trinajstić information content (AvgIpc) is 3.97. The number of aromatic nitrogens is 4. The van der Waals surface area contributed by atoms with E-state index in [0.29, 0.717) is 84.9 Å². The highest BCUT2D eigenvalue weighted by Gasteiger charge is 2.40. The number of imide groups is 1. The van der Waals surface area contributed by atoms with Gasteiger partial charge in [0.25, 0.3) is 11.5 Å². The number of anilines is 3. The monoisotopic (exact) mass is 897 g/mol. The van der Waals surface area contributed by atoms with Crippen molar-refractivity contribution in [1.29, 1.82) is 0 Å². The zero-order chi connectivity index (χ0) is 45.6. The van der Waals surface area contributed by atoms with Crippen molar-refractivity contribution in [2.45, 2.75) is 103 Å². The van der Waals surface area contributed by atoms with Gasteiger partial charge >= 0.3 is 6.03 Å². The van der Waals surface area contributed by atoms with Gasteiger partial charge in [0.15, 0.2) is 5.78 Å². The summed E-state index contributed by atoms with van der Waals surface area (Å²) in [5, 5.41) is 6.29. The number of carbonyl (C=O) groups excluding carboxylic acids is 5. The van der Waals surface area contributed by atoms with Crippen LogP contribution in [0.15, 0.2) is 47.5 Å². The molecule has 6 aliphatic rings. The van der Waals surface area contributed by atoms with E-state index in [9.17, 15) is 28.8 Å². The molecule has 17 nitrogen and oxygen atoms in total. The van der Waals surface area contributed by atoms with Crippen LogP contribution in [0.1, 0.15) is 120 Å². The normalized spacial score (nSPS) is 21.5. The maximum absolute atomic E-state index is 13.7. The quantitative estimate of drug-likeness (QED) is 0.167. The molecule has 0 bridgehead atoms. The molecule has 1 aromatic carbocycles. The number of aryl methyl sites for hydroxylation is 1. The topological polar surface area (TPSA) is 186 Å². The van der Waals surface area contributed by atoms with E-state index >= 15 is 0 Å². The second kappa shape index (κ2) is 18.2. The molecule has 5 fully saturated rings. The molecule has 1 atom stereocenters. The minimum atomic E-state index is -0.599. The molecule has 17 heteroatoms. The summed E-state index contributed by atoms with van der Waals surface area (Å²) in [6, 6.07) is 9.60. The van der Waals surface area contributed by atoms with Crippen molar-refractivity contribution in [3.63, 3.8) is 0 Å². The Bertz CT molecular complexity index is 2620.